The lowest BCUT2D eigenvalue weighted by atomic mass is 10.2. The fourth-order valence-electron chi connectivity index (χ4n) is 2.37. The van der Waals surface area contributed by atoms with Gasteiger partial charge in [-0.2, -0.15) is 0 Å². The molecule has 0 radical (unpaired) electrons. The zero-order valence-electron chi connectivity index (χ0n) is 13.0. The van der Waals surface area contributed by atoms with E-state index in [2.05, 4.69) is 45.9 Å². The van der Waals surface area contributed by atoms with Crippen LogP contribution in [-0.4, -0.2) is 54.1 Å². The van der Waals surface area contributed by atoms with Gasteiger partial charge in [-0.15, -0.1) is 0 Å². The number of rotatable bonds is 6. The van der Waals surface area contributed by atoms with E-state index in [4.69, 9.17) is 0 Å². The smallest absolute Gasteiger partial charge is 0.225 e. The number of nitrogens with one attached hydrogen (secondary N) is 1. The molecule has 1 aliphatic rings. The lowest BCUT2D eigenvalue weighted by molar-refractivity contribution is 0.270. The van der Waals surface area contributed by atoms with Crippen molar-refractivity contribution in [2.24, 2.45) is 5.92 Å². The number of aromatic nitrogens is 2. The van der Waals surface area contributed by atoms with E-state index in [0.717, 1.165) is 57.3 Å². The van der Waals surface area contributed by atoms with Crippen LogP contribution in [0.1, 0.15) is 26.3 Å². The molecule has 1 N–H and O–H groups in total. The predicted octanol–water partition coefficient (Wildman–Crippen LogP) is 1.36. The molecule has 0 unspecified atom stereocenters. The second-order valence-corrected chi connectivity index (χ2v) is 5.84. The molecule has 1 saturated heterocycles. The first-order chi connectivity index (χ1) is 9.69. The number of nitrogens with zero attached hydrogens (tertiary/aromatic N) is 4. The van der Waals surface area contributed by atoms with Crippen molar-refractivity contribution in [2.75, 3.05) is 44.2 Å². The van der Waals surface area contributed by atoms with Crippen molar-refractivity contribution in [2.45, 2.75) is 27.3 Å². The van der Waals surface area contributed by atoms with Gasteiger partial charge in [-0.1, -0.05) is 20.8 Å². The number of hydrogen-bond acceptors (Lipinski definition) is 5. The molecule has 20 heavy (non-hydrogen) atoms. The predicted molar refractivity (Wildman–Crippen MR) is 82.9 cm³/mol. The minimum Gasteiger partial charge on any atom is -0.338 e. The minimum absolute atomic E-state index is 0.671. The lowest BCUT2D eigenvalue weighted by Crippen LogP contribution is -2.46. The molecule has 0 saturated carbocycles. The van der Waals surface area contributed by atoms with E-state index < -0.39 is 0 Å². The summed E-state index contributed by atoms with van der Waals surface area (Å²) in [6.07, 6.45) is 3.89. The molecular formula is C15H27N5. The standard InChI is InChI=1S/C15H27N5/c1-4-19-5-7-20(8-6-19)15-17-11-14(12-18-15)10-16-9-13(2)3/h11-13,16H,4-10H2,1-3H3. The van der Waals surface area contributed by atoms with E-state index in [-0.39, 0.29) is 0 Å². The van der Waals surface area contributed by atoms with Crippen LogP contribution in [0.4, 0.5) is 5.95 Å². The molecule has 0 aromatic carbocycles. The van der Waals surface area contributed by atoms with Gasteiger partial charge in [0.1, 0.15) is 0 Å². The summed E-state index contributed by atoms with van der Waals surface area (Å²) in [5.74, 6) is 1.54. The summed E-state index contributed by atoms with van der Waals surface area (Å²) in [6.45, 7) is 13.9. The molecule has 2 heterocycles. The highest BCUT2D eigenvalue weighted by atomic mass is 15.3. The monoisotopic (exact) mass is 277 g/mol. The van der Waals surface area contributed by atoms with E-state index >= 15 is 0 Å². The van der Waals surface area contributed by atoms with Crippen LogP contribution in [0.15, 0.2) is 12.4 Å². The summed E-state index contributed by atoms with van der Waals surface area (Å²) in [7, 11) is 0. The Labute approximate surface area is 122 Å². The summed E-state index contributed by atoms with van der Waals surface area (Å²) >= 11 is 0. The Hall–Kier alpha value is -1.20. The molecule has 5 nitrogen and oxygen atoms in total. The fourth-order valence-corrected chi connectivity index (χ4v) is 2.37. The fraction of sp³-hybridized carbons (Fsp3) is 0.733. The zero-order valence-corrected chi connectivity index (χ0v) is 13.0. The summed E-state index contributed by atoms with van der Waals surface area (Å²) in [5, 5.41) is 3.41. The third-order valence-corrected chi connectivity index (χ3v) is 3.68. The van der Waals surface area contributed by atoms with Crippen LogP contribution in [0.5, 0.6) is 0 Å². The van der Waals surface area contributed by atoms with Gasteiger partial charge < -0.3 is 15.1 Å². The Balaban J connectivity index is 1.82. The molecule has 0 bridgehead atoms. The van der Waals surface area contributed by atoms with Gasteiger partial charge in [-0.05, 0) is 19.0 Å². The Morgan fingerprint density at radius 1 is 1.15 bits per heavy atom. The first kappa shape index (κ1) is 15.2. The van der Waals surface area contributed by atoms with Gasteiger partial charge >= 0.3 is 0 Å². The molecule has 0 spiro atoms. The van der Waals surface area contributed by atoms with Gasteiger partial charge in [-0.25, -0.2) is 9.97 Å². The summed E-state index contributed by atoms with van der Waals surface area (Å²) in [6, 6.07) is 0. The average Bonchev–Trinajstić information content (AvgIpc) is 2.48. The number of hydrogen-bond donors (Lipinski definition) is 1. The Morgan fingerprint density at radius 2 is 1.80 bits per heavy atom. The van der Waals surface area contributed by atoms with Crippen molar-refractivity contribution in [3.63, 3.8) is 0 Å². The molecule has 1 aromatic heterocycles. The molecule has 1 fully saturated rings. The maximum Gasteiger partial charge on any atom is 0.225 e. The van der Waals surface area contributed by atoms with E-state index in [9.17, 15) is 0 Å². The zero-order chi connectivity index (χ0) is 14.4. The van der Waals surface area contributed by atoms with Crippen molar-refractivity contribution in [1.29, 1.82) is 0 Å². The maximum atomic E-state index is 4.51. The van der Waals surface area contributed by atoms with Crippen LogP contribution in [0, 0.1) is 5.92 Å². The Morgan fingerprint density at radius 3 is 2.35 bits per heavy atom. The quantitative estimate of drug-likeness (QED) is 0.850. The van der Waals surface area contributed by atoms with Crippen LogP contribution in [-0.2, 0) is 6.54 Å². The molecule has 5 heteroatoms. The molecule has 1 aromatic rings. The van der Waals surface area contributed by atoms with Crippen molar-refractivity contribution in [3.05, 3.63) is 18.0 Å². The van der Waals surface area contributed by atoms with Gasteiger partial charge in [0.15, 0.2) is 0 Å². The van der Waals surface area contributed by atoms with Crippen molar-refractivity contribution < 1.29 is 0 Å². The first-order valence-corrected chi connectivity index (χ1v) is 7.68. The van der Waals surface area contributed by atoms with Gasteiger partial charge in [0.05, 0.1) is 0 Å². The van der Waals surface area contributed by atoms with Gasteiger partial charge in [0, 0.05) is 50.7 Å². The average molecular weight is 277 g/mol. The Kier molecular flexibility index (Phi) is 5.73. The van der Waals surface area contributed by atoms with E-state index in [1.54, 1.807) is 0 Å². The van der Waals surface area contributed by atoms with Gasteiger partial charge in [-0.3, -0.25) is 0 Å². The topological polar surface area (TPSA) is 44.3 Å². The third kappa shape index (κ3) is 4.42. The second kappa shape index (κ2) is 7.55. The Bertz CT molecular complexity index is 382. The largest absolute Gasteiger partial charge is 0.338 e. The third-order valence-electron chi connectivity index (χ3n) is 3.68. The van der Waals surface area contributed by atoms with Gasteiger partial charge in [0.25, 0.3) is 0 Å². The lowest BCUT2D eigenvalue weighted by Gasteiger charge is -2.33. The van der Waals surface area contributed by atoms with Crippen LogP contribution in [0.3, 0.4) is 0 Å². The summed E-state index contributed by atoms with van der Waals surface area (Å²) in [5.41, 5.74) is 1.15. The van der Waals surface area contributed by atoms with Crippen LogP contribution < -0.4 is 10.2 Å². The number of piperazine rings is 1. The highest BCUT2D eigenvalue weighted by molar-refractivity contribution is 5.30. The van der Waals surface area contributed by atoms with Crippen molar-refractivity contribution >= 4 is 5.95 Å². The van der Waals surface area contributed by atoms with E-state index in [1.807, 2.05) is 12.4 Å². The number of likely N-dealkylation sites (N-methyl/N-ethyl adjacent to an activating group) is 1. The maximum absolute atomic E-state index is 4.51. The highest BCUT2D eigenvalue weighted by Gasteiger charge is 2.17. The minimum atomic E-state index is 0.671. The van der Waals surface area contributed by atoms with Crippen LogP contribution in [0.2, 0.25) is 0 Å². The molecule has 112 valence electrons. The second-order valence-electron chi connectivity index (χ2n) is 5.84. The van der Waals surface area contributed by atoms with Crippen LogP contribution in [0.25, 0.3) is 0 Å². The molecule has 0 atom stereocenters. The van der Waals surface area contributed by atoms with Gasteiger partial charge in [0.2, 0.25) is 5.95 Å². The molecule has 0 amide bonds. The van der Waals surface area contributed by atoms with Crippen molar-refractivity contribution in [3.8, 4) is 0 Å². The summed E-state index contributed by atoms with van der Waals surface area (Å²) in [4.78, 5) is 13.7. The normalized spacial score (nSPS) is 16.9. The first-order valence-electron chi connectivity index (χ1n) is 7.68. The molecule has 2 rings (SSSR count). The van der Waals surface area contributed by atoms with E-state index in [0.29, 0.717) is 5.92 Å². The molecular weight excluding hydrogens is 250 g/mol. The highest BCUT2D eigenvalue weighted by Crippen LogP contribution is 2.10. The number of anilines is 1. The van der Waals surface area contributed by atoms with Crippen molar-refractivity contribution in [1.82, 2.24) is 20.2 Å². The SMILES string of the molecule is CCN1CCN(c2ncc(CNCC(C)C)cn2)CC1. The molecule has 1 aliphatic heterocycles. The van der Waals surface area contributed by atoms with E-state index in [1.165, 1.54) is 0 Å². The van der Waals surface area contributed by atoms with Crippen LogP contribution >= 0.6 is 0 Å². The molecule has 0 aliphatic carbocycles. The summed E-state index contributed by atoms with van der Waals surface area (Å²) < 4.78 is 0.